The fourth-order valence-electron chi connectivity index (χ4n) is 2.64. The first kappa shape index (κ1) is 12.4. The SMILES string of the molecule is CC1CCCC1C(Br)Cc1ccncc1Cl. The predicted octanol–water partition coefficient (Wildman–Crippen LogP) is 4.48. The molecular formula is C13H17BrClN. The third kappa shape index (κ3) is 2.78. The topological polar surface area (TPSA) is 12.9 Å². The molecule has 88 valence electrons. The van der Waals surface area contributed by atoms with Crippen molar-refractivity contribution in [3.63, 3.8) is 0 Å². The maximum absolute atomic E-state index is 6.13. The molecule has 0 N–H and O–H groups in total. The average Bonchev–Trinajstić information content (AvgIpc) is 2.68. The van der Waals surface area contributed by atoms with Gasteiger partial charge in [-0.1, -0.05) is 47.3 Å². The van der Waals surface area contributed by atoms with Gasteiger partial charge in [0.1, 0.15) is 0 Å². The lowest BCUT2D eigenvalue weighted by Gasteiger charge is -2.22. The molecule has 1 nitrogen and oxygen atoms in total. The first-order valence-electron chi connectivity index (χ1n) is 5.91. The fraction of sp³-hybridized carbons (Fsp3) is 0.615. The number of nitrogens with zero attached hydrogens (tertiary/aromatic N) is 1. The second-order valence-corrected chi connectivity index (χ2v) is 6.34. The molecule has 3 unspecified atom stereocenters. The molecular weight excluding hydrogens is 286 g/mol. The number of alkyl halides is 1. The molecule has 0 amide bonds. The summed E-state index contributed by atoms with van der Waals surface area (Å²) >= 11 is 9.96. The first-order chi connectivity index (χ1) is 7.68. The van der Waals surface area contributed by atoms with Gasteiger partial charge in [0.15, 0.2) is 0 Å². The van der Waals surface area contributed by atoms with Gasteiger partial charge in [-0.2, -0.15) is 0 Å². The van der Waals surface area contributed by atoms with Gasteiger partial charge in [-0.3, -0.25) is 4.98 Å². The highest BCUT2D eigenvalue weighted by atomic mass is 79.9. The summed E-state index contributed by atoms with van der Waals surface area (Å²) < 4.78 is 0. The fourth-order valence-corrected chi connectivity index (χ4v) is 3.97. The molecule has 16 heavy (non-hydrogen) atoms. The number of aromatic nitrogens is 1. The van der Waals surface area contributed by atoms with E-state index < -0.39 is 0 Å². The zero-order valence-electron chi connectivity index (χ0n) is 9.50. The summed E-state index contributed by atoms with van der Waals surface area (Å²) in [5.74, 6) is 1.63. The van der Waals surface area contributed by atoms with Crippen LogP contribution in [-0.4, -0.2) is 9.81 Å². The van der Waals surface area contributed by atoms with Crippen LogP contribution in [0.15, 0.2) is 18.5 Å². The molecule has 0 spiro atoms. The molecule has 2 rings (SSSR count). The lowest BCUT2D eigenvalue weighted by Crippen LogP contribution is -2.19. The van der Waals surface area contributed by atoms with Crippen molar-refractivity contribution in [2.24, 2.45) is 11.8 Å². The molecule has 0 saturated heterocycles. The van der Waals surface area contributed by atoms with E-state index in [0.29, 0.717) is 4.83 Å². The van der Waals surface area contributed by atoms with E-state index in [-0.39, 0.29) is 0 Å². The second-order valence-electron chi connectivity index (χ2n) is 4.76. The van der Waals surface area contributed by atoms with E-state index in [4.69, 9.17) is 11.6 Å². The summed E-state index contributed by atoms with van der Waals surface area (Å²) in [5.41, 5.74) is 1.21. The van der Waals surface area contributed by atoms with Gasteiger partial charge < -0.3 is 0 Å². The molecule has 1 saturated carbocycles. The van der Waals surface area contributed by atoms with Crippen LogP contribution < -0.4 is 0 Å². The first-order valence-corrected chi connectivity index (χ1v) is 7.20. The van der Waals surface area contributed by atoms with Crippen LogP contribution in [0.4, 0.5) is 0 Å². The average molecular weight is 303 g/mol. The minimum absolute atomic E-state index is 0.546. The molecule has 0 bridgehead atoms. The molecule has 1 aromatic heterocycles. The van der Waals surface area contributed by atoms with E-state index in [1.165, 1.54) is 24.8 Å². The van der Waals surface area contributed by atoms with Crippen molar-refractivity contribution in [1.29, 1.82) is 0 Å². The second kappa shape index (κ2) is 5.50. The normalized spacial score (nSPS) is 26.9. The van der Waals surface area contributed by atoms with Gasteiger partial charge in [-0.05, 0) is 36.3 Å². The number of hydrogen-bond donors (Lipinski definition) is 0. The molecule has 0 radical (unpaired) electrons. The number of pyridine rings is 1. The maximum atomic E-state index is 6.13. The summed E-state index contributed by atoms with van der Waals surface area (Å²) in [6, 6.07) is 2.02. The van der Waals surface area contributed by atoms with Gasteiger partial charge in [-0.15, -0.1) is 0 Å². The Morgan fingerprint density at radius 2 is 2.38 bits per heavy atom. The van der Waals surface area contributed by atoms with E-state index in [9.17, 15) is 0 Å². The van der Waals surface area contributed by atoms with Crippen molar-refractivity contribution in [1.82, 2.24) is 4.98 Å². The summed E-state index contributed by atoms with van der Waals surface area (Å²) in [6.45, 7) is 2.36. The Hall–Kier alpha value is -0.0800. The van der Waals surface area contributed by atoms with Crippen LogP contribution >= 0.6 is 27.5 Å². The van der Waals surface area contributed by atoms with Crippen molar-refractivity contribution in [2.45, 2.75) is 37.4 Å². The third-order valence-corrected chi connectivity index (χ3v) is 5.01. The van der Waals surface area contributed by atoms with Crippen molar-refractivity contribution in [2.75, 3.05) is 0 Å². The minimum Gasteiger partial charge on any atom is -0.263 e. The van der Waals surface area contributed by atoms with Crippen LogP contribution in [0.2, 0.25) is 5.02 Å². The number of halogens is 2. The van der Waals surface area contributed by atoms with Crippen molar-refractivity contribution in [3.05, 3.63) is 29.0 Å². The van der Waals surface area contributed by atoms with Crippen LogP contribution in [0.5, 0.6) is 0 Å². The van der Waals surface area contributed by atoms with Gasteiger partial charge in [-0.25, -0.2) is 0 Å². The van der Waals surface area contributed by atoms with Crippen LogP contribution in [0.3, 0.4) is 0 Å². The summed E-state index contributed by atoms with van der Waals surface area (Å²) in [4.78, 5) is 4.56. The monoisotopic (exact) mass is 301 g/mol. The quantitative estimate of drug-likeness (QED) is 0.750. The van der Waals surface area contributed by atoms with Crippen LogP contribution in [0, 0.1) is 11.8 Å². The van der Waals surface area contributed by atoms with Crippen molar-refractivity contribution >= 4 is 27.5 Å². The third-order valence-electron chi connectivity index (χ3n) is 3.66. The van der Waals surface area contributed by atoms with Crippen molar-refractivity contribution in [3.8, 4) is 0 Å². The zero-order valence-corrected chi connectivity index (χ0v) is 11.8. The standard InChI is InChI=1S/C13H17BrClN/c1-9-3-2-4-11(9)12(14)7-10-5-6-16-8-13(10)15/h5-6,8-9,11-12H,2-4,7H2,1H3. The Morgan fingerprint density at radius 3 is 3.00 bits per heavy atom. The molecule has 3 heteroatoms. The van der Waals surface area contributed by atoms with Gasteiger partial charge in [0.2, 0.25) is 0 Å². The Bertz CT molecular complexity index is 356. The largest absolute Gasteiger partial charge is 0.263 e. The van der Waals surface area contributed by atoms with Gasteiger partial charge >= 0.3 is 0 Å². The zero-order chi connectivity index (χ0) is 11.5. The minimum atomic E-state index is 0.546. The molecule has 3 atom stereocenters. The molecule has 0 aliphatic heterocycles. The lowest BCUT2D eigenvalue weighted by molar-refractivity contribution is 0.407. The molecule has 1 aliphatic rings. The highest BCUT2D eigenvalue weighted by Crippen LogP contribution is 2.38. The molecule has 1 aromatic rings. The Labute approximate surface area is 111 Å². The molecule has 0 aromatic carbocycles. The highest BCUT2D eigenvalue weighted by Gasteiger charge is 2.29. The Morgan fingerprint density at radius 1 is 1.56 bits per heavy atom. The van der Waals surface area contributed by atoms with Crippen molar-refractivity contribution < 1.29 is 0 Å². The van der Waals surface area contributed by atoms with Gasteiger partial charge in [0.05, 0.1) is 5.02 Å². The summed E-state index contributed by atoms with van der Waals surface area (Å²) in [5, 5.41) is 0.789. The number of hydrogen-bond acceptors (Lipinski definition) is 1. The van der Waals surface area contributed by atoms with Gasteiger partial charge in [0, 0.05) is 17.2 Å². The van der Waals surface area contributed by atoms with Crippen LogP contribution in [0.1, 0.15) is 31.7 Å². The van der Waals surface area contributed by atoms with E-state index in [0.717, 1.165) is 23.3 Å². The maximum Gasteiger partial charge on any atom is 0.0621 e. The van der Waals surface area contributed by atoms with Gasteiger partial charge in [0.25, 0.3) is 0 Å². The van der Waals surface area contributed by atoms with Crippen LogP contribution in [-0.2, 0) is 6.42 Å². The summed E-state index contributed by atoms with van der Waals surface area (Å²) in [7, 11) is 0. The van der Waals surface area contributed by atoms with E-state index in [1.54, 1.807) is 6.20 Å². The number of rotatable bonds is 3. The van der Waals surface area contributed by atoms with Crippen LogP contribution in [0.25, 0.3) is 0 Å². The van der Waals surface area contributed by atoms with E-state index in [1.807, 2.05) is 12.3 Å². The molecule has 1 heterocycles. The molecule has 1 fully saturated rings. The predicted molar refractivity (Wildman–Crippen MR) is 72.2 cm³/mol. The van der Waals surface area contributed by atoms with E-state index in [2.05, 4.69) is 27.8 Å². The lowest BCUT2D eigenvalue weighted by atomic mass is 9.91. The summed E-state index contributed by atoms with van der Waals surface area (Å²) in [6.07, 6.45) is 8.65. The highest BCUT2D eigenvalue weighted by molar-refractivity contribution is 9.09. The van der Waals surface area contributed by atoms with E-state index >= 15 is 0 Å². The Balaban J connectivity index is 2.02. The molecule has 1 aliphatic carbocycles. The Kier molecular flexibility index (Phi) is 4.26. The smallest absolute Gasteiger partial charge is 0.0621 e.